The number of ether oxygens (including phenoxy) is 1. The van der Waals surface area contributed by atoms with E-state index in [-0.39, 0.29) is 30.2 Å². The van der Waals surface area contributed by atoms with Crippen molar-refractivity contribution in [1.29, 1.82) is 0 Å². The van der Waals surface area contributed by atoms with Crippen LogP contribution < -0.4 is 20.7 Å². The van der Waals surface area contributed by atoms with Gasteiger partial charge in [-0.05, 0) is 28.7 Å². The van der Waals surface area contributed by atoms with E-state index in [0.717, 1.165) is 22.4 Å². The minimum Gasteiger partial charge on any atom is -0.496 e. The number of halogens is 1. The van der Waals surface area contributed by atoms with Crippen molar-refractivity contribution < 1.29 is 19.0 Å². The van der Waals surface area contributed by atoms with E-state index in [1.54, 1.807) is 13.2 Å². The first kappa shape index (κ1) is 23.5. The molecule has 34 heavy (non-hydrogen) atoms. The number of fused-ring (bicyclic) bond motifs is 1. The lowest BCUT2D eigenvalue weighted by atomic mass is 9.94. The first-order chi connectivity index (χ1) is 16.4. The molecule has 4 rings (SSSR count). The van der Waals surface area contributed by atoms with Gasteiger partial charge in [0, 0.05) is 19.2 Å². The third kappa shape index (κ3) is 5.46. The summed E-state index contributed by atoms with van der Waals surface area (Å²) in [6, 6.07) is 17.0. The number of nitrogens with one attached hydrogen (secondary N) is 3. The molecule has 0 spiro atoms. The average Bonchev–Trinajstić information content (AvgIpc) is 2.84. The molecular weight excluding hydrogens is 435 g/mol. The molecule has 0 bridgehead atoms. The third-order valence-electron chi connectivity index (χ3n) is 6.07. The molecule has 3 aromatic rings. The number of rotatable bonds is 9. The maximum Gasteiger partial charge on any atom is 0.307 e. The number of pyridine rings is 1. The van der Waals surface area contributed by atoms with E-state index in [9.17, 15) is 14.3 Å². The Morgan fingerprint density at radius 1 is 1.26 bits per heavy atom. The number of carboxylic acids is 1. The van der Waals surface area contributed by atoms with E-state index >= 15 is 0 Å². The second-order valence-corrected chi connectivity index (χ2v) is 8.53. The number of carbonyl (C=O) groups is 1. The molecule has 1 aromatic heterocycles. The fourth-order valence-corrected chi connectivity index (χ4v) is 4.36. The number of hydrogen-bond donors (Lipinski definition) is 4. The first-order valence-electron chi connectivity index (χ1n) is 11.3. The van der Waals surface area contributed by atoms with Crippen molar-refractivity contribution in [3.63, 3.8) is 0 Å². The lowest BCUT2D eigenvalue weighted by Crippen LogP contribution is -2.45. The lowest BCUT2D eigenvalue weighted by molar-refractivity contribution is -0.136. The Balaban J connectivity index is 1.54. The number of nitrogens with zero attached hydrogens (tertiary/aromatic N) is 1. The summed E-state index contributed by atoms with van der Waals surface area (Å²) in [5, 5.41) is 19.6. The average molecular weight is 465 g/mol. The molecule has 4 N–H and O–H groups in total. The van der Waals surface area contributed by atoms with Gasteiger partial charge in [-0.1, -0.05) is 49.4 Å². The van der Waals surface area contributed by atoms with Gasteiger partial charge < -0.3 is 25.8 Å². The summed E-state index contributed by atoms with van der Waals surface area (Å²) >= 11 is 0. The molecule has 0 fully saturated rings. The topological polar surface area (TPSA) is 95.5 Å². The van der Waals surface area contributed by atoms with Crippen molar-refractivity contribution in [3.8, 4) is 5.75 Å². The number of anilines is 2. The van der Waals surface area contributed by atoms with Crippen LogP contribution in [0.4, 0.5) is 15.9 Å². The molecule has 0 aliphatic carbocycles. The largest absolute Gasteiger partial charge is 0.496 e. The standard InChI is InChI=1S/C26H29FN4O3/c1-16(20-10-17(11-24(32)33)8-9-23(20)34-2)13-29-25(18-6-4-3-5-7-18)22-15-28-21-12-19(27)14-30-26(21)31-22/h3-10,12,14,16,22,25,28-29H,11,13,15H2,1-2H3,(H,30,31)(H,32,33)/t16-,22+,25+/m0/s1. The third-order valence-corrected chi connectivity index (χ3v) is 6.07. The zero-order chi connectivity index (χ0) is 24.1. The van der Waals surface area contributed by atoms with Crippen LogP contribution in [0, 0.1) is 5.82 Å². The van der Waals surface area contributed by atoms with Crippen molar-refractivity contribution >= 4 is 17.5 Å². The molecule has 2 heterocycles. The Kier molecular flexibility index (Phi) is 7.27. The van der Waals surface area contributed by atoms with Crippen molar-refractivity contribution in [2.45, 2.75) is 31.3 Å². The predicted octanol–water partition coefficient (Wildman–Crippen LogP) is 4.20. The van der Waals surface area contributed by atoms with Crippen molar-refractivity contribution in [3.05, 3.63) is 83.3 Å². The van der Waals surface area contributed by atoms with Crippen LogP contribution in [-0.4, -0.2) is 42.3 Å². The summed E-state index contributed by atoms with van der Waals surface area (Å²) in [5.74, 6) is 0.174. The van der Waals surface area contributed by atoms with Crippen molar-refractivity contribution in [1.82, 2.24) is 10.3 Å². The molecule has 0 saturated heterocycles. The van der Waals surface area contributed by atoms with Crippen molar-refractivity contribution in [2.24, 2.45) is 0 Å². The number of hydrogen-bond acceptors (Lipinski definition) is 6. The lowest BCUT2D eigenvalue weighted by Gasteiger charge is -2.35. The van der Waals surface area contributed by atoms with E-state index in [0.29, 0.717) is 24.6 Å². The molecular formula is C26H29FN4O3. The molecule has 0 amide bonds. The smallest absolute Gasteiger partial charge is 0.307 e. The van der Waals surface area contributed by atoms with Gasteiger partial charge in [0.25, 0.3) is 0 Å². The van der Waals surface area contributed by atoms with Gasteiger partial charge in [0.15, 0.2) is 0 Å². The number of methoxy groups -OCH3 is 1. The van der Waals surface area contributed by atoms with Gasteiger partial charge in [0.1, 0.15) is 17.4 Å². The normalized spacial score (nSPS) is 16.5. The fraction of sp³-hybridized carbons (Fsp3) is 0.308. The van der Waals surface area contributed by atoms with Crippen LogP contribution in [0.25, 0.3) is 0 Å². The zero-order valence-corrected chi connectivity index (χ0v) is 19.2. The van der Waals surface area contributed by atoms with Gasteiger partial charge in [0.2, 0.25) is 0 Å². The molecule has 1 aliphatic rings. The number of carboxylic acid groups (broad SMARTS) is 1. The molecule has 0 unspecified atom stereocenters. The van der Waals surface area contributed by atoms with Crippen LogP contribution in [0.1, 0.15) is 35.6 Å². The Hall–Kier alpha value is -3.65. The molecule has 1 aliphatic heterocycles. The number of benzene rings is 2. The van der Waals surface area contributed by atoms with Crippen molar-refractivity contribution in [2.75, 3.05) is 30.8 Å². The Labute approximate surface area is 198 Å². The summed E-state index contributed by atoms with van der Waals surface area (Å²) < 4.78 is 19.1. The molecule has 7 nitrogen and oxygen atoms in total. The van der Waals surface area contributed by atoms with E-state index in [1.165, 1.54) is 12.3 Å². The second kappa shape index (κ2) is 10.5. The van der Waals surface area contributed by atoms with E-state index < -0.39 is 5.97 Å². The minimum atomic E-state index is -0.865. The molecule has 178 valence electrons. The molecule has 0 saturated carbocycles. The van der Waals surface area contributed by atoms with Crippen LogP contribution in [0.5, 0.6) is 5.75 Å². The number of aliphatic carboxylic acids is 1. The fourth-order valence-electron chi connectivity index (χ4n) is 4.36. The van der Waals surface area contributed by atoms with Gasteiger partial charge in [-0.25, -0.2) is 9.37 Å². The maximum atomic E-state index is 13.6. The van der Waals surface area contributed by atoms with Gasteiger partial charge in [-0.2, -0.15) is 0 Å². The van der Waals surface area contributed by atoms with Crippen LogP contribution in [0.3, 0.4) is 0 Å². The Morgan fingerprint density at radius 2 is 2.06 bits per heavy atom. The van der Waals surface area contributed by atoms with E-state index in [2.05, 4.69) is 40.0 Å². The first-order valence-corrected chi connectivity index (χ1v) is 11.3. The SMILES string of the molecule is COc1ccc(CC(=O)O)cc1[C@@H](C)CN[C@H](c1ccccc1)[C@H]1CNc2cc(F)cnc2N1. The maximum absolute atomic E-state index is 13.6. The monoisotopic (exact) mass is 464 g/mol. The summed E-state index contributed by atoms with van der Waals surface area (Å²) in [4.78, 5) is 15.4. The highest BCUT2D eigenvalue weighted by Crippen LogP contribution is 2.31. The van der Waals surface area contributed by atoms with Crippen LogP contribution in [0.2, 0.25) is 0 Å². The van der Waals surface area contributed by atoms with Gasteiger partial charge in [0.05, 0.1) is 37.5 Å². The highest BCUT2D eigenvalue weighted by Gasteiger charge is 2.28. The highest BCUT2D eigenvalue weighted by atomic mass is 19.1. The van der Waals surface area contributed by atoms with Crippen LogP contribution in [0.15, 0.2) is 60.8 Å². The highest BCUT2D eigenvalue weighted by molar-refractivity contribution is 5.70. The zero-order valence-electron chi connectivity index (χ0n) is 19.2. The molecule has 8 heteroatoms. The minimum absolute atomic E-state index is 0.0275. The van der Waals surface area contributed by atoms with Crippen LogP contribution >= 0.6 is 0 Å². The molecule has 3 atom stereocenters. The second-order valence-electron chi connectivity index (χ2n) is 8.53. The molecule has 0 radical (unpaired) electrons. The Morgan fingerprint density at radius 3 is 2.79 bits per heavy atom. The van der Waals surface area contributed by atoms with Crippen LogP contribution in [-0.2, 0) is 11.2 Å². The van der Waals surface area contributed by atoms with Gasteiger partial charge >= 0.3 is 5.97 Å². The van der Waals surface area contributed by atoms with Gasteiger partial charge in [-0.15, -0.1) is 0 Å². The summed E-state index contributed by atoms with van der Waals surface area (Å²) in [7, 11) is 1.62. The molecule has 2 aromatic carbocycles. The van der Waals surface area contributed by atoms with Gasteiger partial charge in [-0.3, -0.25) is 4.79 Å². The van der Waals surface area contributed by atoms with E-state index in [4.69, 9.17) is 4.74 Å². The summed E-state index contributed by atoms with van der Waals surface area (Å²) in [5.41, 5.74) is 3.46. The quantitative estimate of drug-likeness (QED) is 0.377. The predicted molar refractivity (Wildman–Crippen MR) is 130 cm³/mol. The Bertz CT molecular complexity index is 1140. The summed E-state index contributed by atoms with van der Waals surface area (Å²) in [6.45, 7) is 3.31. The number of aromatic nitrogens is 1. The van der Waals surface area contributed by atoms with E-state index in [1.807, 2.05) is 30.3 Å². The summed E-state index contributed by atoms with van der Waals surface area (Å²) in [6.07, 6.45) is 1.17.